The van der Waals surface area contributed by atoms with E-state index in [4.69, 9.17) is 10.2 Å². The van der Waals surface area contributed by atoms with E-state index in [0.717, 1.165) is 17.2 Å². The number of aryl methyl sites for hydroxylation is 1. The van der Waals surface area contributed by atoms with Gasteiger partial charge in [-0.3, -0.25) is 4.79 Å². The molecule has 1 heterocycles. The van der Waals surface area contributed by atoms with Gasteiger partial charge in [0.25, 0.3) is 5.91 Å². The quantitative estimate of drug-likeness (QED) is 0.829. The molecule has 3 N–H and O–H groups in total. The average molecular weight is 287 g/mol. The molecule has 5 nitrogen and oxygen atoms in total. The highest BCUT2D eigenvalue weighted by Gasteiger charge is 2.12. The van der Waals surface area contributed by atoms with Crippen LogP contribution in [0, 0.1) is 6.92 Å². The van der Waals surface area contributed by atoms with Gasteiger partial charge >= 0.3 is 0 Å². The molecule has 0 saturated heterocycles. The molecule has 0 aliphatic heterocycles. The van der Waals surface area contributed by atoms with Crippen LogP contribution >= 0.6 is 0 Å². The van der Waals surface area contributed by atoms with Crippen LogP contribution in [0.15, 0.2) is 34.7 Å². The summed E-state index contributed by atoms with van der Waals surface area (Å²) in [5.74, 6) is 1.64. The number of nitrogens with two attached hydrogens (primary N) is 1. The van der Waals surface area contributed by atoms with Crippen LogP contribution in [0.1, 0.15) is 28.8 Å². The SMILES string of the molecule is CCNC(=O)c1ccc(N)c(N(C)Cc2ccc(C)o2)c1. The molecule has 0 bridgehead atoms. The van der Waals surface area contributed by atoms with Crippen molar-refractivity contribution in [1.29, 1.82) is 0 Å². The Hall–Kier alpha value is -2.43. The number of anilines is 2. The number of nitrogens with one attached hydrogen (secondary N) is 1. The fourth-order valence-electron chi connectivity index (χ4n) is 2.17. The normalized spacial score (nSPS) is 10.4. The van der Waals surface area contributed by atoms with E-state index >= 15 is 0 Å². The Morgan fingerprint density at radius 2 is 2.10 bits per heavy atom. The molecule has 5 heteroatoms. The first kappa shape index (κ1) is 15.0. The third kappa shape index (κ3) is 3.56. The van der Waals surface area contributed by atoms with Gasteiger partial charge in [0.1, 0.15) is 11.5 Å². The minimum Gasteiger partial charge on any atom is -0.464 e. The summed E-state index contributed by atoms with van der Waals surface area (Å²) < 4.78 is 5.57. The molecule has 0 fully saturated rings. The number of rotatable bonds is 5. The minimum absolute atomic E-state index is 0.0963. The van der Waals surface area contributed by atoms with Crippen molar-refractivity contribution in [2.75, 3.05) is 24.2 Å². The van der Waals surface area contributed by atoms with E-state index in [1.165, 1.54) is 0 Å². The van der Waals surface area contributed by atoms with E-state index in [1.807, 2.05) is 37.9 Å². The molecule has 2 rings (SSSR count). The number of hydrogen-bond donors (Lipinski definition) is 2. The maximum absolute atomic E-state index is 11.9. The highest BCUT2D eigenvalue weighted by atomic mass is 16.3. The molecule has 0 aliphatic carbocycles. The van der Waals surface area contributed by atoms with Gasteiger partial charge in [0.15, 0.2) is 0 Å². The van der Waals surface area contributed by atoms with Crippen LogP contribution in [0.25, 0.3) is 0 Å². The first-order valence-electron chi connectivity index (χ1n) is 6.95. The molecule has 0 atom stereocenters. The van der Waals surface area contributed by atoms with E-state index in [1.54, 1.807) is 18.2 Å². The van der Waals surface area contributed by atoms with Gasteiger partial charge in [-0.25, -0.2) is 0 Å². The van der Waals surface area contributed by atoms with Crippen LogP contribution in [-0.2, 0) is 6.54 Å². The molecule has 0 aliphatic rings. The summed E-state index contributed by atoms with van der Waals surface area (Å²) in [6.45, 7) is 4.99. The number of amides is 1. The maximum atomic E-state index is 11.9. The van der Waals surface area contributed by atoms with Gasteiger partial charge in [0.05, 0.1) is 17.9 Å². The Kier molecular flexibility index (Phi) is 4.52. The van der Waals surface area contributed by atoms with Crippen LogP contribution in [0.5, 0.6) is 0 Å². The van der Waals surface area contributed by atoms with Crippen molar-refractivity contribution >= 4 is 17.3 Å². The molecular weight excluding hydrogens is 266 g/mol. The third-order valence-corrected chi connectivity index (χ3v) is 3.23. The van der Waals surface area contributed by atoms with Crippen molar-refractivity contribution in [2.45, 2.75) is 20.4 Å². The number of carbonyl (C=O) groups is 1. The number of nitrogens with zero attached hydrogens (tertiary/aromatic N) is 1. The molecule has 0 unspecified atom stereocenters. The fraction of sp³-hybridized carbons (Fsp3) is 0.312. The number of hydrogen-bond acceptors (Lipinski definition) is 4. The van der Waals surface area contributed by atoms with Crippen molar-refractivity contribution in [3.8, 4) is 0 Å². The first-order chi connectivity index (χ1) is 10.0. The molecule has 21 heavy (non-hydrogen) atoms. The lowest BCUT2D eigenvalue weighted by atomic mass is 10.1. The summed E-state index contributed by atoms with van der Waals surface area (Å²) in [4.78, 5) is 13.9. The second kappa shape index (κ2) is 6.35. The smallest absolute Gasteiger partial charge is 0.251 e. The number of nitrogen functional groups attached to an aromatic ring is 1. The van der Waals surface area contributed by atoms with Crippen molar-refractivity contribution in [3.05, 3.63) is 47.4 Å². The molecule has 1 amide bonds. The van der Waals surface area contributed by atoms with Gasteiger partial charge in [-0.2, -0.15) is 0 Å². The molecule has 0 spiro atoms. The molecular formula is C16H21N3O2. The standard InChI is InChI=1S/C16H21N3O2/c1-4-18-16(20)12-6-8-14(17)15(9-12)19(3)10-13-7-5-11(2)21-13/h5-9H,4,10,17H2,1-3H3,(H,18,20). The first-order valence-corrected chi connectivity index (χ1v) is 6.95. The van der Waals surface area contributed by atoms with E-state index in [9.17, 15) is 4.79 Å². The van der Waals surface area contributed by atoms with Crippen LogP contribution in [0.3, 0.4) is 0 Å². The van der Waals surface area contributed by atoms with Crippen LogP contribution in [-0.4, -0.2) is 19.5 Å². The molecule has 112 valence electrons. The predicted molar refractivity (Wildman–Crippen MR) is 84.4 cm³/mol. The molecule has 0 saturated carbocycles. The van der Waals surface area contributed by atoms with Crippen LogP contribution in [0.4, 0.5) is 11.4 Å². The largest absolute Gasteiger partial charge is 0.464 e. The summed E-state index contributed by atoms with van der Waals surface area (Å²) in [5.41, 5.74) is 8.07. The maximum Gasteiger partial charge on any atom is 0.251 e. The summed E-state index contributed by atoms with van der Waals surface area (Å²) in [5, 5.41) is 2.78. The average Bonchev–Trinajstić information content (AvgIpc) is 2.84. The molecule has 1 aromatic carbocycles. The van der Waals surface area contributed by atoms with Crippen LogP contribution in [0.2, 0.25) is 0 Å². The van der Waals surface area contributed by atoms with Gasteiger partial charge in [0, 0.05) is 19.2 Å². The zero-order valence-corrected chi connectivity index (χ0v) is 12.6. The lowest BCUT2D eigenvalue weighted by Gasteiger charge is -2.20. The van der Waals surface area contributed by atoms with E-state index in [0.29, 0.717) is 24.3 Å². The predicted octanol–water partition coefficient (Wildman–Crippen LogP) is 2.56. The number of carbonyl (C=O) groups excluding carboxylic acids is 1. The Morgan fingerprint density at radius 1 is 1.33 bits per heavy atom. The van der Waals surface area contributed by atoms with E-state index in [2.05, 4.69) is 5.32 Å². The zero-order chi connectivity index (χ0) is 15.4. The highest BCUT2D eigenvalue weighted by Crippen LogP contribution is 2.25. The molecule has 0 radical (unpaired) electrons. The van der Waals surface area contributed by atoms with Crippen molar-refractivity contribution < 1.29 is 9.21 Å². The Balaban J connectivity index is 2.21. The number of benzene rings is 1. The lowest BCUT2D eigenvalue weighted by Crippen LogP contribution is -2.24. The van der Waals surface area contributed by atoms with Gasteiger partial charge in [-0.15, -0.1) is 0 Å². The monoisotopic (exact) mass is 287 g/mol. The van der Waals surface area contributed by atoms with Crippen LogP contribution < -0.4 is 16.0 Å². The van der Waals surface area contributed by atoms with E-state index < -0.39 is 0 Å². The third-order valence-electron chi connectivity index (χ3n) is 3.23. The Labute approximate surface area is 124 Å². The zero-order valence-electron chi connectivity index (χ0n) is 12.6. The van der Waals surface area contributed by atoms with Gasteiger partial charge in [0.2, 0.25) is 0 Å². The van der Waals surface area contributed by atoms with Crippen molar-refractivity contribution in [3.63, 3.8) is 0 Å². The summed E-state index contributed by atoms with van der Waals surface area (Å²) in [6, 6.07) is 9.15. The topological polar surface area (TPSA) is 71.5 Å². The summed E-state index contributed by atoms with van der Waals surface area (Å²) >= 11 is 0. The van der Waals surface area contributed by atoms with Crippen molar-refractivity contribution in [1.82, 2.24) is 5.32 Å². The molecule has 2 aromatic rings. The Morgan fingerprint density at radius 3 is 2.71 bits per heavy atom. The highest BCUT2D eigenvalue weighted by molar-refractivity contribution is 5.96. The lowest BCUT2D eigenvalue weighted by molar-refractivity contribution is 0.0956. The van der Waals surface area contributed by atoms with E-state index in [-0.39, 0.29) is 5.91 Å². The summed E-state index contributed by atoms with van der Waals surface area (Å²) in [7, 11) is 1.92. The summed E-state index contributed by atoms with van der Waals surface area (Å²) in [6.07, 6.45) is 0. The Bertz CT molecular complexity index is 634. The van der Waals surface area contributed by atoms with Gasteiger partial charge in [-0.1, -0.05) is 0 Å². The minimum atomic E-state index is -0.0963. The number of furan rings is 1. The second-order valence-corrected chi connectivity index (χ2v) is 5.00. The molecule has 1 aromatic heterocycles. The second-order valence-electron chi connectivity index (χ2n) is 5.00. The van der Waals surface area contributed by atoms with Gasteiger partial charge in [-0.05, 0) is 44.2 Å². The van der Waals surface area contributed by atoms with Crippen molar-refractivity contribution in [2.24, 2.45) is 0 Å². The van der Waals surface area contributed by atoms with Gasteiger partial charge < -0.3 is 20.4 Å². The fourth-order valence-corrected chi connectivity index (χ4v) is 2.17.